The van der Waals surface area contributed by atoms with E-state index < -0.39 is 5.79 Å². The summed E-state index contributed by atoms with van der Waals surface area (Å²) in [5, 5.41) is 0. The van der Waals surface area contributed by atoms with Gasteiger partial charge in [0.1, 0.15) is 24.2 Å². The molecule has 0 aliphatic carbocycles. The molecule has 3 atom stereocenters. The first-order valence-electron chi connectivity index (χ1n) is 9.52. The van der Waals surface area contributed by atoms with Crippen molar-refractivity contribution in [2.45, 2.75) is 52.0 Å². The van der Waals surface area contributed by atoms with Crippen molar-refractivity contribution in [3.05, 3.63) is 65.2 Å². The van der Waals surface area contributed by atoms with Crippen LogP contribution in [-0.2, 0) is 32.2 Å². The SMILES string of the molecule is COc1ccc(COCc2ccc([C@H]3OC(C)(C)O[C@@H]3C(C)C=O)cc2)cc1. The molecule has 0 N–H and O–H groups in total. The van der Waals surface area contributed by atoms with Crippen LogP contribution in [0.3, 0.4) is 0 Å². The van der Waals surface area contributed by atoms with E-state index in [9.17, 15) is 4.79 Å². The minimum Gasteiger partial charge on any atom is -0.497 e. The monoisotopic (exact) mass is 384 g/mol. The summed E-state index contributed by atoms with van der Waals surface area (Å²) < 4.78 is 23.0. The van der Waals surface area contributed by atoms with Crippen LogP contribution >= 0.6 is 0 Å². The van der Waals surface area contributed by atoms with Crippen molar-refractivity contribution in [1.29, 1.82) is 0 Å². The van der Waals surface area contributed by atoms with Gasteiger partial charge in [0, 0.05) is 5.92 Å². The fraction of sp³-hybridized carbons (Fsp3) is 0.435. The van der Waals surface area contributed by atoms with Gasteiger partial charge in [0.15, 0.2) is 5.79 Å². The van der Waals surface area contributed by atoms with Crippen LogP contribution in [0.5, 0.6) is 5.75 Å². The quantitative estimate of drug-likeness (QED) is 0.630. The second-order valence-electron chi connectivity index (χ2n) is 7.60. The number of carbonyl (C=O) groups is 1. The summed E-state index contributed by atoms with van der Waals surface area (Å²) in [4.78, 5) is 11.2. The molecule has 2 aromatic rings. The topological polar surface area (TPSA) is 54.0 Å². The molecule has 0 amide bonds. The molecule has 0 bridgehead atoms. The standard InChI is InChI=1S/C23H28O5/c1-16(13-24)21-22(28-23(2,3)27-21)19-9-5-17(6-10-19)14-26-15-18-7-11-20(25-4)12-8-18/h5-13,16,21-22H,14-15H2,1-4H3/t16?,21-,22-/m1/s1. The van der Waals surface area contributed by atoms with Gasteiger partial charge in [0.25, 0.3) is 0 Å². The molecule has 3 rings (SSSR count). The molecule has 1 fully saturated rings. The number of carbonyl (C=O) groups excluding carboxylic acids is 1. The summed E-state index contributed by atoms with van der Waals surface area (Å²) in [6.45, 7) is 6.67. The average Bonchev–Trinajstić information content (AvgIpc) is 3.04. The summed E-state index contributed by atoms with van der Waals surface area (Å²) >= 11 is 0. The number of aldehydes is 1. The van der Waals surface area contributed by atoms with E-state index in [2.05, 4.69) is 0 Å². The molecule has 28 heavy (non-hydrogen) atoms. The Kier molecular flexibility index (Phi) is 6.50. The molecule has 0 saturated carbocycles. The first kappa shape index (κ1) is 20.5. The van der Waals surface area contributed by atoms with Gasteiger partial charge in [-0.25, -0.2) is 0 Å². The van der Waals surface area contributed by atoms with Crippen LogP contribution < -0.4 is 4.74 Å². The lowest BCUT2D eigenvalue weighted by Crippen LogP contribution is -2.26. The molecule has 1 aliphatic heterocycles. The fourth-order valence-corrected chi connectivity index (χ4v) is 3.32. The van der Waals surface area contributed by atoms with Crippen LogP contribution in [0.1, 0.15) is 43.6 Å². The Labute approximate surface area is 166 Å². The van der Waals surface area contributed by atoms with E-state index in [1.165, 1.54) is 0 Å². The van der Waals surface area contributed by atoms with Crippen LogP contribution in [0.25, 0.3) is 0 Å². The lowest BCUT2D eigenvalue weighted by molar-refractivity contribution is -0.151. The molecule has 5 heteroatoms. The maximum Gasteiger partial charge on any atom is 0.164 e. The molecular weight excluding hydrogens is 356 g/mol. The highest BCUT2D eigenvalue weighted by atomic mass is 16.8. The molecule has 0 radical (unpaired) electrons. The number of methoxy groups -OCH3 is 1. The Bertz CT molecular complexity index is 767. The number of benzene rings is 2. The van der Waals surface area contributed by atoms with E-state index in [0.717, 1.165) is 28.7 Å². The molecule has 1 unspecified atom stereocenters. The lowest BCUT2D eigenvalue weighted by Gasteiger charge is -2.19. The molecular formula is C23H28O5. The number of rotatable bonds is 8. The highest BCUT2D eigenvalue weighted by Gasteiger charge is 2.44. The Morgan fingerprint density at radius 1 is 1.00 bits per heavy atom. The first-order valence-corrected chi connectivity index (χ1v) is 9.52. The molecule has 0 spiro atoms. The van der Waals surface area contributed by atoms with Crippen molar-refractivity contribution < 1.29 is 23.7 Å². The maximum atomic E-state index is 11.2. The summed E-state index contributed by atoms with van der Waals surface area (Å²) in [7, 11) is 1.65. The molecule has 2 aromatic carbocycles. The highest BCUT2D eigenvalue weighted by molar-refractivity contribution is 5.54. The number of ether oxygens (including phenoxy) is 4. The Balaban J connectivity index is 1.58. The number of hydrogen-bond donors (Lipinski definition) is 0. The van der Waals surface area contributed by atoms with Gasteiger partial charge in [-0.15, -0.1) is 0 Å². The van der Waals surface area contributed by atoms with Crippen molar-refractivity contribution in [2.24, 2.45) is 5.92 Å². The Morgan fingerprint density at radius 3 is 2.11 bits per heavy atom. The number of hydrogen-bond acceptors (Lipinski definition) is 5. The second kappa shape index (κ2) is 8.86. The minimum absolute atomic E-state index is 0.237. The first-order chi connectivity index (χ1) is 13.4. The maximum absolute atomic E-state index is 11.2. The molecule has 150 valence electrons. The van der Waals surface area contributed by atoms with E-state index in [1.54, 1.807) is 7.11 Å². The summed E-state index contributed by atoms with van der Waals surface area (Å²) in [5.41, 5.74) is 3.18. The van der Waals surface area contributed by atoms with Crippen LogP contribution in [-0.4, -0.2) is 25.3 Å². The zero-order valence-electron chi connectivity index (χ0n) is 16.9. The van der Waals surface area contributed by atoms with Gasteiger partial charge in [0.05, 0.1) is 20.3 Å². The highest BCUT2D eigenvalue weighted by Crippen LogP contribution is 2.41. The van der Waals surface area contributed by atoms with Crippen LogP contribution in [0.15, 0.2) is 48.5 Å². The van der Waals surface area contributed by atoms with E-state index in [1.807, 2.05) is 69.3 Å². The minimum atomic E-state index is -0.702. The van der Waals surface area contributed by atoms with Crippen molar-refractivity contribution in [3.8, 4) is 5.75 Å². The largest absolute Gasteiger partial charge is 0.497 e. The van der Waals surface area contributed by atoms with E-state index >= 15 is 0 Å². The van der Waals surface area contributed by atoms with Crippen molar-refractivity contribution in [1.82, 2.24) is 0 Å². The van der Waals surface area contributed by atoms with E-state index in [-0.39, 0.29) is 18.1 Å². The molecule has 0 aromatic heterocycles. The van der Waals surface area contributed by atoms with Gasteiger partial charge >= 0.3 is 0 Å². The lowest BCUT2D eigenvalue weighted by atomic mass is 9.95. The van der Waals surface area contributed by atoms with Crippen LogP contribution in [0, 0.1) is 5.92 Å². The Morgan fingerprint density at radius 2 is 1.57 bits per heavy atom. The van der Waals surface area contributed by atoms with Gasteiger partial charge in [0.2, 0.25) is 0 Å². The summed E-state index contributed by atoms with van der Waals surface area (Å²) in [6, 6.07) is 15.9. The normalized spacial score (nSPS) is 22.0. The molecule has 1 saturated heterocycles. The van der Waals surface area contributed by atoms with E-state index in [4.69, 9.17) is 18.9 Å². The molecule has 5 nitrogen and oxygen atoms in total. The van der Waals surface area contributed by atoms with Crippen LogP contribution in [0.2, 0.25) is 0 Å². The van der Waals surface area contributed by atoms with Gasteiger partial charge in [-0.1, -0.05) is 43.3 Å². The predicted octanol–water partition coefficient (Wildman–Crippen LogP) is 4.44. The average molecular weight is 384 g/mol. The van der Waals surface area contributed by atoms with Crippen molar-refractivity contribution in [3.63, 3.8) is 0 Å². The fourth-order valence-electron chi connectivity index (χ4n) is 3.32. The van der Waals surface area contributed by atoms with Gasteiger partial charge in [-0.2, -0.15) is 0 Å². The molecule has 1 aliphatic rings. The van der Waals surface area contributed by atoms with Crippen molar-refractivity contribution in [2.75, 3.05) is 7.11 Å². The smallest absolute Gasteiger partial charge is 0.164 e. The van der Waals surface area contributed by atoms with Crippen LogP contribution in [0.4, 0.5) is 0 Å². The van der Waals surface area contributed by atoms with Crippen molar-refractivity contribution >= 4 is 6.29 Å². The third-order valence-electron chi connectivity index (χ3n) is 4.87. The zero-order valence-corrected chi connectivity index (χ0v) is 16.9. The Hall–Kier alpha value is -2.21. The van der Waals surface area contributed by atoms with Gasteiger partial charge in [-0.3, -0.25) is 0 Å². The second-order valence-corrected chi connectivity index (χ2v) is 7.60. The van der Waals surface area contributed by atoms with Gasteiger partial charge < -0.3 is 23.7 Å². The third kappa shape index (κ3) is 4.98. The summed E-state index contributed by atoms with van der Waals surface area (Å²) in [6.07, 6.45) is 0.373. The summed E-state index contributed by atoms with van der Waals surface area (Å²) in [5.74, 6) is -0.102. The third-order valence-corrected chi connectivity index (χ3v) is 4.87. The molecule has 1 heterocycles. The van der Waals surface area contributed by atoms with E-state index in [0.29, 0.717) is 13.2 Å². The van der Waals surface area contributed by atoms with Gasteiger partial charge in [-0.05, 0) is 42.7 Å². The zero-order chi connectivity index (χ0) is 20.1. The predicted molar refractivity (Wildman–Crippen MR) is 106 cm³/mol.